The van der Waals surface area contributed by atoms with Gasteiger partial charge in [-0.25, -0.2) is 0 Å². The van der Waals surface area contributed by atoms with Crippen molar-refractivity contribution in [3.63, 3.8) is 0 Å². The van der Waals surface area contributed by atoms with Gasteiger partial charge in [0.15, 0.2) is 5.96 Å². The van der Waals surface area contributed by atoms with Gasteiger partial charge in [0.25, 0.3) is 0 Å². The smallest absolute Gasteiger partial charge is 0.191 e. The Bertz CT molecular complexity index is 325. The fraction of sp³-hybridized carbons (Fsp3) is 0.462. The van der Waals surface area contributed by atoms with E-state index in [0.29, 0.717) is 0 Å². The lowest BCUT2D eigenvalue weighted by Gasteiger charge is -2.10. The number of hydrogen-bond acceptors (Lipinski definition) is 2. The molecule has 0 amide bonds. The van der Waals surface area contributed by atoms with Gasteiger partial charge in [-0.1, -0.05) is 25.1 Å². The highest BCUT2D eigenvalue weighted by Crippen LogP contribution is 2.15. The third-order valence-corrected chi connectivity index (χ3v) is 3.19. The normalized spacial score (nSPS) is 11.3. The summed E-state index contributed by atoms with van der Waals surface area (Å²) in [6.45, 7) is 4.03. The molecule has 0 aromatic heterocycles. The molecule has 0 saturated carbocycles. The van der Waals surface area contributed by atoms with E-state index in [1.165, 1.54) is 4.90 Å². The molecule has 4 heteroatoms. The molecule has 0 aliphatic rings. The average Bonchev–Trinajstić information content (AvgIpc) is 2.39. The van der Waals surface area contributed by atoms with E-state index in [-0.39, 0.29) is 0 Å². The second-order valence-electron chi connectivity index (χ2n) is 3.59. The summed E-state index contributed by atoms with van der Waals surface area (Å²) in [7, 11) is 1.80. The summed E-state index contributed by atoms with van der Waals surface area (Å²) in [5.74, 6) is 1.93. The Balaban J connectivity index is 2.15. The zero-order valence-corrected chi connectivity index (χ0v) is 11.4. The van der Waals surface area contributed by atoms with Crippen LogP contribution in [-0.4, -0.2) is 31.8 Å². The summed E-state index contributed by atoms with van der Waals surface area (Å²) in [4.78, 5) is 5.47. The highest BCUT2D eigenvalue weighted by atomic mass is 32.2. The molecule has 0 aliphatic heterocycles. The number of benzene rings is 1. The molecule has 0 heterocycles. The predicted molar refractivity (Wildman–Crippen MR) is 76.8 cm³/mol. The van der Waals surface area contributed by atoms with Crippen molar-refractivity contribution in [2.24, 2.45) is 4.99 Å². The molecule has 3 nitrogen and oxygen atoms in total. The molecular weight excluding hydrogens is 230 g/mol. The van der Waals surface area contributed by atoms with E-state index in [4.69, 9.17) is 0 Å². The van der Waals surface area contributed by atoms with Crippen LogP contribution in [0.15, 0.2) is 40.2 Å². The lowest BCUT2D eigenvalue weighted by Crippen LogP contribution is -2.38. The fourth-order valence-corrected chi connectivity index (χ4v) is 2.11. The standard InChI is InChI=1S/C13H21N3S/c1-3-9-15-13(14-2)16-10-11-17-12-7-5-4-6-8-12/h4-8H,3,9-11H2,1-2H3,(H2,14,15,16). The summed E-state index contributed by atoms with van der Waals surface area (Å²) in [6.07, 6.45) is 1.11. The van der Waals surface area contributed by atoms with Crippen LogP contribution in [0.3, 0.4) is 0 Å². The number of nitrogens with zero attached hydrogens (tertiary/aromatic N) is 1. The maximum absolute atomic E-state index is 4.16. The van der Waals surface area contributed by atoms with Crippen molar-refractivity contribution >= 4 is 17.7 Å². The molecule has 0 unspecified atom stereocenters. The maximum Gasteiger partial charge on any atom is 0.191 e. The zero-order chi connectivity index (χ0) is 12.3. The molecule has 0 atom stereocenters. The Morgan fingerprint density at radius 2 is 1.88 bits per heavy atom. The molecule has 94 valence electrons. The van der Waals surface area contributed by atoms with Gasteiger partial charge in [-0.2, -0.15) is 0 Å². The van der Waals surface area contributed by atoms with Crippen LogP contribution in [0.2, 0.25) is 0 Å². The van der Waals surface area contributed by atoms with Gasteiger partial charge in [-0.15, -0.1) is 11.8 Å². The van der Waals surface area contributed by atoms with Crippen LogP contribution in [0.25, 0.3) is 0 Å². The summed E-state index contributed by atoms with van der Waals surface area (Å²) in [5.41, 5.74) is 0. The van der Waals surface area contributed by atoms with Crippen LogP contribution in [-0.2, 0) is 0 Å². The van der Waals surface area contributed by atoms with Crippen LogP contribution in [0.5, 0.6) is 0 Å². The first-order valence-corrected chi connectivity index (χ1v) is 6.97. The van der Waals surface area contributed by atoms with Crippen molar-refractivity contribution in [1.29, 1.82) is 0 Å². The molecule has 0 fully saturated rings. The van der Waals surface area contributed by atoms with Crippen LogP contribution >= 0.6 is 11.8 Å². The van der Waals surface area contributed by atoms with E-state index >= 15 is 0 Å². The number of aliphatic imine (C=N–C) groups is 1. The molecule has 1 rings (SSSR count). The minimum atomic E-state index is 0.889. The Morgan fingerprint density at radius 1 is 1.18 bits per heavy atom. The molecule has 0 radical (unpaired) electrons. The first-order valence-electron chi connectivity index (χ1n) is 5.99. The number of thioether (sulfide) groups is 1. The molecule has 2 N–H and O–H groups in total. The monoisotopic (exact) mass is 251 g/mol. The first-order chi connectivity index (χ1) is 8.36. The van der Waals surface area contributed by atoms with Crippen molar-refractivity contribution in [3.05, 3.63) is 30.3 Å². The number of rotatable bonds is 6. The minimum Gasteiger partial charge on any atom is -0.356 e. The summed E-state index contributed by atoms with van der Waals surface area (Å²) in [5, 5.41) is 6.54. The van der Waals surface area contributed by atoms with E-state index in [2.05, 4.69) is 46.8 Å². The molecule has 0 saturated heterocycles. The number of guanidine groups is 1. The topological polar surface area (TPSA) is 36.4 Å². The number of hydrogen-bond donors (Lipinski definition) is 2. The molecule has 1 aromatic rings. The van der Waals surface area contributed by atoms with Gasteiger partial charge in [0.05, 0.1) is 0 Å². The van der Waals surface area contributed by atoms with Crippen molar-refractivity contribution in [2.75, 3.05) is 25.9 Å². The van der Waals surface area contributed by atoms with Gasteiger partial charge in [-0.05, 0) is 18.6 Å². The molecule has 0 bridgehead atoms. The minimum absolute atomic E-state index is 0.889. The Hall–Kier alpha value is -1.16. The van der Waals surface area contributed by atoms with Gasteiger partial charge < -0.3 is 10.6 Å². The SMILES string of the molecule is CCCNC(=NC)NCCSc1ccccc1. The Morgan fingerprint density at radius 3 is 2.53 bits per heavy atom. The van der Waals surface area contributed by atoms with Crippen LogP contribution in [0.4, 0.5) is 0 Å². The van der Waals surface area contributed by atoms with Gasteiger partial charge in [0.1, 0.15) is 0 Å². The van der Waals surface area contributed by atoms with Crippen molar-refractivity contribution in [1.82, 2.24) is 10.6 Å². The van der Waals surface area contributed by atoms with Crippen LogP contribution < -0.4 is 10.6 Å². The Kier molecular flexibility index (Phi) is 7.30. The van der Waals surface area contributed by atoms with E-state index < -0.39 is 0 Å². The maximum atomic E-state index is 4.16. The summed E-state index contributed by atoms with van der Waals surface area (Å²) in [6, 6.07) is 10.4. The van der Waals surface area contributed by atoms with E-state index in [0.717, 1.165) is 31.2 Å². The van der Waals surface area contributed by atoms with Crippen molar-refractivity contribution in [2.45, 2.75) is 18.2 Å². The summed E-state index contributed by atoms with van der Waals surface area (Å²) >= 11 is 1.85. The molecule has 1 aromatic carbocycles. The van der Waals surface area contributed by atoms with Gasteiger partial charge in [0, 0.05) is 30.8 Å². The van der Waals surface area contributed by atoms with E-state index in [9.17, 15) is 0 Å². The van der Waals surface area contributed by atoms with Gasteiger partial charge in [0.2, 0.25) is 0 Å². The highest BCUT2D eigenvalue weighted by Gasteiger charge is 1.96. The molecular formula is C13H21N3S. The van der Waals surface area contributed by atoms with Gasteiger partial charge in [-0.3, -0.25) is 4.99 Å². The molecule has 0 aliphatic carbocycles. The van der Waals surface area contributed by atoms with E-state index in [1.807, 2.05) is 17.8 Å². The third kappa shape index (κ3) is 6.22. The largest absolute Gasteiger partial charge is 0.356 e. The highest BCUT2D eigenvalue weighted by molar-refractivity contribution is 7.99. The fourth-order valence-electron chi connectivity index (χ4n) is 1.32. The zero-order valence-electron chi connectivity index (χ0n) is 10.6. The van der Waals surface area contributed by atoms with Crippen LogP contribution in [0, 0.1) is 0 Å². The number of nitrogens with one attached hydrogen (secondary N) is 2. The summed E-state index contributed by atoms with van der Waals surface area (Å²) < 4.78 is 0. The quantitative estimate of drug-likeness (QED) is 0.353. The molecule has 17 heavy (non-hydrogen) atoms. The van der Waals surface area contributed by atoms with Gasteiger partial charge >= 0.3 is 0 Å². The molecule has 0 spiro atoms. The second kappa shape index (κ2) is 8.93. The van der Waals surface area contributed by atoms with E-state index in [1.54, 1.807) is 7.05 Å². The second-order valence-corrected chi connectivity index (χ2v) is 4.76. The average molecular weight is 251 g/mol. The van der Waals surface area contributed by atoms with Crippen LogP contribution in [0.1, 0.15) is 13.3 Å². The predicted octanol–water partition coefficient (Wildman–Crippen LogP) is 2.35. The Labute approximate surface area is 108 Å². The lowest BCUT2D eigenvalue weighted by atomic mass is 10.4. The first kappa shape index (κ1) is 13.9. The van der Waals surface area contributed by atoms with Crippen molar-refractivity contribution in [3.8, 4) is 0 Å². The lowest BCUT2D eigenvalue weighted by molar-refractivity contribution is 0.795. The van der Waals surface area contributed by atoms with Crippen molar-refractivity contribution < 1.29 is 0 Å². The third-order valence-electron chi connectivity index (χ3n) is 2.17.